The SMILES string of the molecule is CCc1ccc(C(=O)N2CCCC2C(=O)Nc2nnc(-c3ccc(Cl)cc3)s2)cc1. The highest BCUT2D eigenvalue weighted by atomic mass is 35.5. The van der Waals surface area contributed by atoms with Gasteiger partial charge in [-0.25, -0.2) is 0 Å². The molecule has 2 aromatic carbocycles. The zero-order valence-electron chi connectivity index (χ0n) is 16.5. The Morgan fingerprint density at radius 3 is 2.57 bits per heavy atom. The molecule has 3 aromatic rings. The molecule has 1 unspecified atom stereocenters. The fraction of sp³-hybridized carbons (Fsp3) is 0.273. The standard InChI is InChI=1S/C22H21ClN4O2S/c1-2-14-5-7-16(8-6-14)21(29)27-13-3-4-18(27)19(28)24-22-26-25-20(30-22)15-9-11-17(23)12-10-15/h5-12,18H,2-4,13H2,1H3,(H,24,26,28). The maximum atomic E-state index is 12.9. The number of hydrogen-bond acceptors (Lipinski definition) is 5. The van der Waals surface area contributed by atoms with Crippen LogP contribution in [0.15, 0.2) is 48.5 Å². The summed E-state index contributed by atoms with van der Waals surface area (Å²) in [4.78, 5) is 27.5. The minimum absolute atomic E-state index is 0.116. The third-order valence-electron chi connectivity index (χ3n) is 5.17. The molecule has 1 aliphatic heterocycles. The van der Waals surface area contributed by atoms with Crippen LogP contribution >= 0.6 is 22.9 Å². The molecule has 1 N–H and O–H groups in total. The zero-order chi connectivity index (χ0) is 21.1. The Kier molecular flexibility index (Phi) is 6.11. The average Bonchev–Trinajstić information content (AvgIpc) is 3.44. The number of aromatic nitrogens is 2. The van der Waals surface area contributed by atoms with Gasteiger partial charge in [0, 0.05) is 22.7 Å². The van der Waals surface area contributed by atoms with Gasteiger partial charge in [0.25, 0.3) is 5.91 Å². The van der Waals surface area contributed by atoms with E-state index in [4.69, 9.17) is 11.6 Å². The van der Waals surface area contributed by atoms with Gasteiger partial charge < -0.3 is 4.90 Å². The molecule has 30 heavy (non-hydrogen) atoms. The molecule has 1 saturated heterocycles. The van der Waals surface area contributed by atoms with Crippen LogP contribution in [0.3, 0.4) is 0 Å². The summed E-state index contributed by atoms with van der Waals surface area (Å²) in [5, 5.41) is 12.8. The van der Waals surface area contributed by atoms with E-state index in [1.807, 2.05) is 36.4 Å². The van der Waals surface area contributed by atoms with E-state index in [0.29, 0.717) is 33.7 Å². The molecule has 2 amide bonds. The molecule has 8 heteroatoms. The first-order valence-electron chi connectivity index (χ1n) is 9.85. The Morgan fingerprint density at radius 2 is 1.87 bits per heavy atom. The summed E-state index contributed by atoms with van der Waals surface area (Å²) in [6.07, 6.45) is 2.35. The van der Waals surface area contributed by atoms with E-state index in [1.54, 1.807) is 17.0 Å². The first-order chi connectivity index (χ1) is 14.5. The Hall–Kier alpha value is -2.77. The zero-order valence-corrected chi connectivity index (χ0v) is 18.0. The van der Waals surface area contributed by atoms with Crippen molar-refractivity contribution in [3.8, 4) is 10.6 Å². The van der Waals surface area contributed by atoms with E-state index in [-0.39, 0.29) is 11.8 Å². The van der Waals surface area contributed by atoms with Crippen molar-refractivity contribution in [2.75, 3.05) is 11.9 Å². The maximum absolute atomic E-state index is 12.9. The van der Waals surface area contributed by atoms with Crippen LogP contribution in [0.5, 0.6) is 0 Å². The predicted octanol–water partition coefficient (Wildman–Crippen LogP) is 4.66. The van der Waals surface area contributed by atoms with Gasteiger partial charge in [0.1, 0.15) is 11.0 Å². The van der Waals surface area contributed by atoms with Gasteiger partial charge in [-0.05, 0) is 49.1 Å². The van der Waals surface area contributed by atoms with Crippen molar-refractivity contribution < 1.29 is 9.59 Å². The van der Waals surface area contributed by atoms with Crippen molar-refractivity contribution in [2.45, 2.75) is 32.2 Å². The fourth-order valence-electron chi connectivity index (χ4n) is 3.50. The molecule has 1 aliphatic rings. The molecular weight excluding hydrogens is 420 g/mol. The van der Waals surface area contributed by atoms with Gasteiger partial charge in [0.2, 0.25) is 11.0 Å². The molecule has 0 radical (unpaired) electrons. The van der Waals surface area contributed by atoms with Crippen molar-refractivity contribution in [1.29, 1.82) is 0 Å². The van der Waals surface area contributed by atoms with Gasteiger partial charge in [-0.15, -0.1) is 10.2 Å². The predicted molar refractivity (Wildman–Crippen MR) is 119 cm³/mol. The van der Waals surface area contributed by atoms with Gasteiger partial charge in [0.05, 0.1) is 0 Å². The van der Waals surface area contributed by atoms with E-state index in [9.17, 15) is 9.59 Å². The monoisotopic (exact) mass is 440 g/mol. The summed E-state index contributed by atoms with van der Waals surface area (Å²) < 4.78 is 0. The largest absolute Gasteiger partial charge is 0.327 e. The number of likely N-dealkylation sites (tertiary alicyclic amines) is 1. The number of hydrogen-bond donors (Lipinski definition) is 1. The second kappa shape index (κ2) is 8.93. The number of nitrogens with one attached hydrogen (secondary N) is 1. The highest BCUT2D eigenvalue weighted by Gasteiger charge is 2.35. The molecule has 0 spiro atoms. The van der Waals surface area contributed by atoms with E-state index >= 15 is 0 Å². The Labute approximate surface area is 183 Å². The maximum Gasteiger partial charge on any atom is 0.254 e. The summed E-state index contributed by atoms with van der Waals surface area (Å²) in [5.74, 6) is -0.348. The average molecular weight is 441 g/mol. The first-order valence-corrected chi connectivity index (χ1v) is 11.0. The van der Waals surface area contributed by atoms with Crippen LogP contribution in [-0.2, 0) is 11.2 Å². The van der Waals surface area contributed by atoms with Crippen LogP contribution in [0.4, 0.5) is 5.13 Å². The van der Waals surface area contributed by atoms with Crippen LogP contribution in [0.2, 0.25) is 5.02 Å². The van der Waals surface area contributed by atoms with Gasteiger partial charge in [-0.2, -0.15) is 0 Å². The number of amides is 2. The molecule has 1 atom stereocenters. The number of nitrogens with zero attached hydrogens (tertiary/aromatic N) is 3. The van der Waals surface area contributed by atoms with Crippen molar-refractivity contribution in [2.24, 2.45) is 0 Å². The van der Waals surface area contributed by atoms with E-state index in [0.717, 1.165) is 18.4 Å². The lowest BCUT2D eigenvalue weighted by atomic mass is 10.1. The number of anilines is 1. The van der Waals surface area contributed by atoms with Crippen LogP contribution < -0.4 is 5.32 Å². The van der Waals surface area contributed by atoms with Crippen molar-refractivity contribution in [3.05, 3.63) is 64.7 Å². The van der Waals surface area contributed by atoms with Crippen molar-refractivity contribution in [3.63, 3.8) is 0 Å². The number of benzene rings is 2. The van der Waals surface area contributed by atoms with Gasteiger partial charge in [0.15, 0.2) is 0 Å². The molecule has 154 valence electrons. The molecule has 0 saturated carbocycles. The minimum atomic E-state index is -0.508. The lowest BCUT2D eigenvalue weighted by Gasteiger charge is -2.23. The highest BCUT2D eigenvalue weighted by molar-refractivity contribution is 7.18. The van der Waals surface area contributed by atoms with Gasteiger partial charge in [-0.3, -0.25) is 14.9 Å². The molecule has 2 heterocycles. The normalized spacial score (nSPS) is 15.9. The Morgan fingerprint density at radius 1 is 1.13 bits per heavy atom. The van der Waals surface area contributed by atoms with Crippen LogP contribution in [0, 0.1) is 0 Å². The number of carbonyl (C=O) groups is 2. The second-order valence-corrected chi connectivity index (χ2v) is 8.53. The first kappa shape index (κ1) is 20.5. The molecule has 0 bridgehead atoms. The minimum Gasteiger partial charge on any atom is -0.327 e. The summed E-state index contributed by atoms with van der Waals surface area (Å²) >= 11 is 7.21. The van der Waals surface area contributed by atoms with Crippen molar-refractivity contribution in [1.82, 2.24) is 15.1 Å². The van der Waals surface area contributed by atoms with E-state index in [1.165, 1.54) is 16.9 Å². The lowest BCUT2D eigenvalue weighted by Crippen LogP contribution is -2.43. The summed E-state index contributed by atoms with van der Waals surface area (Å²) in [7, 11) is 0. The van der Waals surface area contributed by atoms with Crippen LogP contribution in [0.1, 0.15) is 35.7 Å². The van der Waals surface area contributed by atoms with Gasteiger partial charge >= 0.3 is 0 Å². The molecular formula is C22H21ClN4O2S. The molecule has 1 aromatic heterocycles. The van der Waals surface area contributed by atoms with Gasteiger partial charge in [-0.1, -0.05) is 54.1 Å². The molecule has 4 rings (SSSR count). The van der Waals surface area contributed by atoms with Crippen molar-refractivity contribution >= 4 is 39.9 Å². The summed E-state index contributed by atoms with van der Waals surface area (Å²) in [5.41, 5.74) is 2.66. The number of halogens is 1. The number of rotatable bonds is 5. The van der Waals surface area contributed by atoms with E-state index < -0.39 is 6.04 Å². The highest BCUT2D eigenvalue weighted by Crippen LogP contribution is 2.28. The molecule has 6 nitrogen and oxygen atoms in total. The number of carbonyl (C=O) groups excluding carboxylic acids is 2. The fourth-order valence-corrected chi connectivity index (χ4v) is 4.38. The summed E-state index contributed by atoms with van der Waals surface area (Å²) in [6.45, 7) is 2.64. The third-order valence-corrected chi connectivity index (χ3v) is 6.31. The molecule has 1 fully saturated rings. The smallest absolute Gasteiger partial charge is 0.254 e. The second-order valence-electron chi connectivity index (χ2n) is 7.12. The van der Waals surface area contributed by atoms with Crippen LogP contribution in [-0.4, -0.2) is 39.5 Å². The van der Waals surface area contributed by atoms with Crippen LogP contribution in [0.25, 0.3) is 10.6 Å². The Balaban J connectivity index is 1.44. The third kappa shape index (κ3) is 4.37. The molecule has 0 aliphatic carbocycles. The Bertz CT molecular complexity index is 1050. The topological polar surface area (TPSA) is 75.2 Å². The summed E-state index contributed by atoms with van der Waals surface area (Å²) in [6, 6.07) is 14.3. The quantitative estimate of drug-likeness (QED) is 0.625. The lowest BCUT2D eigenvalue weighted by molar-refractivity contribution is -0.119. The number of aryl methyl sites for hydroxylation is 1. The van der Waals surface area contributed by atoms with E-state index in [2.05, 4.69) is 22.4 Å².